The average Bonchev–Trinajstić information content (AvgIpc) is 2.54. The number of carbonyl (C=O) groups is 2. The summed E-state index contributed by atoms with van der Waals surface area (Å²) in [7, 11) is 0. The Morgan fingerprint density at radius 1 is 1.00 bits per heavy atom. The summed E-state index contributed by atoms with van der Waals surface area (Å²) in [5.41, 5.74) is -0.161. The lowest BCUT2D eigenvalue weighted by molar-refractivity contribution is -0.137. The monoisotopic (exact) mass is 310 g/mol. The van der Waals surface area contributed by atoms with Crippen LogP contribution >= 0.6 is 0 Å². The second-order valence-electron chi connectivity index (χ2n) is 6.47. The first-order chi connectivity index (χ1) is 10.6. The molecule has 0 radical (unpaired) electrons. The van der Waals surface area contributed by atoms with Crippen molar-refractivity contribution in [1.29, 1.82) is 0 Å². The highest BCUT2D eigenvalue weighted by atomic mass is 16.2. The molecule has 0 aromatic heterocycles. The molecule has 22 heavy (non-hydrogen) atoms. The van der Waals surface area contributed by atoms with Gasteiger partial charge in [-0.1, -0.05) is 33.1 Å². The quantitative estimate of drug-likeness (QED) is 0.614. The van der Waals surface area contributed by atoms with Gasteiger partial charge in [0, 0.05) is 24.9 Å². The molecular weight excluding hydrogens is 276 g/mol. The number of aldehydes is 1. The first-order valence-electron chi connectivity index (χ1n) is 9.05. The van der Waals surface area contributed by atoms with Crippen LogP contribution in [0.25, 0.3) is 0 Å². The predicted octanol–water partition coefficient (Wildman–Crippen LogP) is 3.10. The molecule has 0 spiro atoms. The number of rotatable bonds is 9. The zero-order valence-electron chi connectivity index (χ0n) is 14.9. The zero-order valence-corrected chi connectivity index (χ0v) is 14.9. The van der Waals surface area contributed by atoms with E-state index in [4.69, 9.17) is 0 Å². The fourth-order valence-electron chi connectivity index (χ4n) is 4.06. The van der Waals surface area contributed by atoms with Gasteiger partial charge in [-0.15, -0.1) is 0 Å². The molecule has 0 aliphatic heterocycles. The van der Waals surface area contributed by atoms with E-state index < -0.39 is 0 Å². The molecule has 1 aliphatic carbocycles. The lowest BCUT2D eigenvalue weighted by Gasteiger charge is -2.46. The van der Waals surface area contributed by atoms with Crippen LogP contribution in [0.2, 0.25) is 0 Å². The van der Waals surface area contributed by atoms with E-state index in [1.54, 1.807) is 0 Å². The van der Waals surface area contributed by atoms with Gasteiger partial charge in [-0.2, -0.15) is 0 Å². The van der Waals surface area contributed by atoms with E-state index in [-0.39, 0.29) is 17.4 Å². The Kier molecular flexibility index (Phi) is 8.08. The van der Waals surface area contributed by atoms with E-state index in [0.29, 0.717) is 6.42 Å². The predicted molar refractivity (Wildman–Crippen MR) is 90.8 cm³/mol. The molecule has 1 aliphatic rings. The van der Waals surface area contributed by atoms with Crippen molar-refractivity contribution in [2.45, 2.75) is 72.3 Å². The van der Waals surface area contributed by atoms with E-state index in [2.05, 4.69) is 18.7 Å². The van der Waals surface area contributed by atoms with Crippen LogP contribution in [0.3, 0.4) is 0 Å². The van der Waals surface area contributed by atoms with Gasteiger partial charge in [-0.25, -0.2) is 0 Å². The Hall–Kier alpha value is -0.900. The molecule has 0 N–H and O–H groups in total. The smallest absolute Gasteiger partial charge is 0.223 e. The number of nitrogens with zero attached hydrogens (tertiary/aromatic N) is 2. The van der Waals surface area contributed by atoms with Gasteiger partial charge in [0.25, 0.3) is 0 Å². The van der Waals surface area contributed by atoms with Crippen molar-refractivity contribution in [3.8, 4) is 0 Å². The van der Waals surface area contributed by atoms with Crippen molar-refractivity contribution < 1.29 is 9.59 Å². The fourth-order valence-corrected chi connectivity index (χ4v) is 4.06. The third kappa shape index (κ3) is 4.31. The number of carbonyl (C=O) groups excluding carboxylic acids is 2. The third-order valence-corrected chi connectivity index (χ3v) is 5.43. The maximum absolute atomic E-state index is 12.7. The van der Waals surface area contributed by atoms with E-state index in [9.17, 15) is 9.59 Å². The van der Waals surface area contributed by atoms with Crippen LogP contribution in [-0.2, 0) is 9.59 Å². The minimum Gasteiger partial charge on any atom is -0.343 e. The second-order valence-corrected chi connectivity index (χ2v) is 6.47. The van der Waals surface area contributed by atoms with Gasteiger partial charge < -0.3 is 9.69 Å². The Morgan fingerprint density at radius 3 is 1.95 bits per heavy atom. The molecule has 0 unspecified atom stereocenters. The molecule has 1 amide bonds. The van der Waals surface area contributed by atoms with Crippen LogP contribution in [0.4, 0.5) is 0 Å². The molecule has 0 saturated heterocycles. The Labute approximate surface area is 136 Å². The molecular formula is C18H34N2O2. The molecule has 4 nitrogen and oxygen atoms in total. The summed E-state index contributed by atoms with van der Waals surface area (Å²) in [5, 5.41) is 0. The van der Waals surface area contributed by atoms with Crippen molar-refractivity contribution in [3.63, 3.8) is 0 Å². The topological polar surface area (TPSA) is 40.6 Å². The van der Waals surface area contributed by atoms with Crippen molar-refractivity contribution in [2.75, 3.05) is 26.2 Å². The van der Waals surface area contributed by atoms with Gasteiger partial charge in [0.05, 0.1) is 6.04 Å². The summed E-state index contributed by atoms with van der Waals surface area (Å²) in [6.45, 7) is 11.5. The van der Waals surface area contributed by atoms with E-state index in [0.717, 1.165) is 58.1 Å². The number of hydrogen-bond acceptors (Lipinski definition) is 3. The van der Waals surface area contributed by atoms with Gasteiger partial charge in [0.15, 0.2) is 0 Å². The van der Waals surface area contributed by atoms with Crippen LogP contribution < -0.4 is 0 Å². The normalized spacial score (nSPS) is 19.0. The molecule has 1 atom stereocenters. The lowest BCUT2D eigenvalue weighted by Crippen LogP contribution is -2.52. The first kappa shape index (κ1) is 19.1. The van der Waals surface area contributed by atoms with E-state index >= 15 is 0 Å². The molecule has 0 bridgehead atoms. The SMILES string of the molecule is CCN(CC)C(=O)CC1([C@@H](C=O)N(CC)CC)CCCCC1. The molecule has 1 saturated carbocycles. The molecule has 1 fully saturated rings. The summed E-state index contributed by atoms with van der Waals surface area (Å²) < 4.78 is 0. The van der Waals surface area contributed by atoms with Crippen molar-refractivity contribution in [1.82, 2.24) is 9.80 Å². The van der Waals surface area contributed by atoms with Crippen LogP contribution in [0.15, 0.2) is 0 Å². The van der Waals surface area contributed by atoms with Crippen LogP contribution in [0.1, 0.15) is 66.2 Å². The molecule has 0 aromatic carbocycles. The van der Waals surface area contributed by atoms with Gasteiger partial charge in [0.2, 0.25) is 5.91 Å². The summed E-state index contributed by atoms with van der Waals surface area (Å²) in [6.07, 6.45) is 7.13. The zero-order chi connectivity index (χ0) is 16.6. The van der Waals surface area contributed by atoms with Crippen molar-refractivity contribution in [2.24, 2.45) is 5.41 Å². The van der Waals surface area contributed by atoms with Gasteiger partial charge in [0.1, 0.15) is 6.29 Å². The Morgan fingerprint density at radius 2 is 1.55 bits per heavy atom. The fraction of sp³-hybridized carbons (Fsp3) is 0.889. The Balaban J connectivity index is 3.02. The minimum absolute atomic E-state index is 0.123. The molecule has 1 rings (SSSR count). The molecule has 4 heteroatoms. The number of amides is 1. The summed E-state index contributed by atoms with van der Waals surface area (Å²) in [6, 6.07) is -0.123. The molecule has 0 heterocycles. The number of likely N-dealkylation sites (N-methyl/N-ethyl adjacent to an activating group) is 1. The summed E-state index contributed by atoms with van der Waals surface area (Å²) in [4.78, 5) is 28.7. The highest BCUT2D eigenvalue weighted by Gasteiger charge is 2.44. The van der Waals surface area contributed by atoms with Gasteiger partial charge >= 0.3 is 0 Å². The van der Waals surface area contributed by atoms with Crippen LogP contribution in [0, 0.1) is 5.41 Å². The largest absolute Gasteiger partial charge is 0.343 e. The van der Waals surface area contributed by atoms with Gasteiger partial charge in [-0.05, 0) is 39.8 Å². The highest BCUT2D eigenvalue weighted by molar-refractivity contribution is 5.78. The third-order valence-electron chi connectivity index (χ3n) is 5.43. The average molecular weight is 310 g/mol. The van der Waals surface area contributed by atoms with Crippen LogP contribution in [0.5, 0.6) is 0 Å². The van der Waals surface area contributed by atoms with Crippen molar-refractivity contribution in [3.05, 3.63) is 0 Å². The minimum atomic E-state index is -0.161. The lowest BCUT2D eigenvalue weighted by atomic mass is 9.66. The van der Waals surface area contributed by atoms with Gasteiger partial charge in [-0.3, -0.25) is 9.69 Å². The molecule has 128 valence electrons. The van der Waals surface area contributed by atoms with E-state index in [1.165, 1.54) is 6.42 Å². The van der Waals surface area contributed by atoms with E-state index in [1.807, 2.05) is 18.7 Å². The van der Waals surface area contributed by atoms with Crippen molar-refractivity contribution >= 4 is 12.2 Å². The number of hydrogen-bond donors (Lipinski definition) is 0. The maximum Gasteiger partial charge on any atom is 0.223 e. The standard InChI is InChI=1S/C18H34N2O2/c1-5-19(6-2)16(15-21)18(12-10-9-11-13-18)14-17(22)20(7-3)8-4/h15-16H,5-14H2,1-4H3/t16-/m1/s1. The molecule has 0 aromatic rings. The summed E-state index contributed by atoms with van der Waals surface area (Å²) in [5.74, 6) is 0.214. The first-order valence-corrected chi connectivity index (χ1v) is 9.05. The maximum atomic E-state index is 12.7. The second kappa shape index (κ2) is 9.29. The summed E-state index contributed by atoms with van der Waals surface area (Å²) >= 11 is 0. The highest BCUT2D eigenvalue weighted by Crippen LogP contribution is 2.44. The Bertz CT molecular complexity index is 343. The van der Waals surface area contributed by atoms with Crippen LogP contribution in [-0.4, -0.2) is 54.2 Å².